The minimum atomic E-state index is 0.149. The van der Waals surface area contributed by atoms with E-state index in [0.717, 1.165) is 19.4 Å². The van der Waals surface area contributed by atoms with Gasteiger partial charge in [-0.25, -0.2) is 0 Å². The Bertz CT molecular complexity index is 191. The molecule has 0 aromatic heterocycles. The summed E-state index contributed by atoms with van der Waals surface area (Å²) in [5.41, 5.74) is 0. The number of allylic oxidation sites excluding steroid dienone is 1. The van der Waals surface area contributed by atoms with Crippen molar-refractivity contribution in [2.24, 2.45) is 5.92 Å². The second-order valence-corrected chi connectivity index (χ2v) is 3.41. The molecule has 3 nitrogen and oxygen atoms in total. The van der Waals surface area contributed by atoms with E-state index >= 15 is 0 Å². The number of hydrogen-bond acceptors (Lipinski definition) is 2. The molecular weight excluding hydrogens is 166 g/mol. The molecule has 1 saturated heterocycles. The zero-order valence-corrected chi connectivity index (χ0v) is 7.91. The molecule has 0 saturated carbocycles. The third kappa shape index (κ3) is 2.56. The Kier molecular flexibility index (Phi) is 3.96. The number of likely N-dealkylation sites (tertiary alicyclic amines) is 1. The van der Waals surface area contributed by atoms with Gasteiger partial charge in [0, 0.05) is 25.6 Å². The monoisotopic (exact) mass is 183 g/mol. The van der Waals surface area contributed by atoms with E-state index in [-0.39, 0.29) is 18.4 Å². The molecule has 1 aliphatic rings. The van der Waals surface area contributed by atoms with E-state index in [4.69, 9.17) is 5.11 Å². The summed E-state index contributed by atoms with van der Waals surface area (Å²) < 4.78 is 0. The molecule has 0 aromatic rings. The number of carbonyl (C=O) groups excluding carboxylic acids is 1. The Morgan fingerprint density at radius 3 is 3.08 bits per heavy atom. The van der Waals surface area contributed by atoms with E-state index in [1.807, 2.05) is 4.90 Å². The van der Waals surface area contributed by atoms with Gasteiger partial charge in [0.1, 0.15) is 0 Å². The molecule has 0 spiro atoms. The van der Waals surface area contributed by atoms with Crippen LogP contribution in [0.15, 0.2) is 12.7 Å². The predicted octanol–water partition coefficient (Wildman–Crippen LogP) is 0.793. The Hall–Kier alpha value is -0.830. The van der Waals surface area contributed by atoms with Gasteiger partial charge in [0.2, 0.25) is 5.91 Å². The first kappa shape index (κ1) is 10.3. The first-order valence-electron chi connectivity index (χ1n) is 4.80. The van der Waals surface area contributed by atoms with Crippen molar-refractivity contribution in [2.75, 3.05) is 19.7 Å². The smallest absolute Gasteiger partial charge is 0.226 e. The van der Waals surface area contributed by atoms with Gasteiger partial charge in [-0.3, -0.25) is 4.79 Å². The van der Waals surface area contributed by atoms with Crippen molar-refractivity contribution >= 4 is 5.91 Å². The van der Waals surface area contributed by atoms with E-state index in [9.17, 15) is 4.79 Å². The molecule has 3 heteroatoms. The maximum Gasteiger partial charge on any atom is 0.226 e. The van der Waals surface area contributed by atoms with Crippen molar-refractivity contribution in [1.82, 2.24) is 4.90 Å². The fourth-order valence-corrected chi connectivity index (χ4v) is 1.71. The molecule has 1 heterocycles. The third-order valence-electron chi connectivity index (χ3n) is 2.45. The minimum Gasteiger partial charge on any atom is -0.396 e. The number of amides is 1. The average Bonchev–Trinajstić information content (AvgIpc) is 2.46. The van der Waals surface area contributed by atoms with Gasteiger partial charge in [-0.2, -0.15) is 0 Å². The summed E-state index contributed by atoms with van der Waals surface area (Å²) in [5.74, 6) is 0.379. The maximum absolute atomic E-state index is 11.6. The summed E-state index contributed by atoms with van der Waals surface area (Å²) in [6.07, 6.45) is 4.22. The fourth-order valence-electron chi connectivity index (χ4n) is 1.71. The lowest BCUT2D eigenvalue weighted by Crippen LogP contribution is -2.28. The van der Waals surface area contributed by atoms with Gasteiger partial charge in [-0.1, -0.05) is 6.08 Å². The molecule has 1 fully saturated rings. The topological polar surface area (TPSA) is 40.5 Å². The van der Waals surface area contributed by atoms with Crippen LogP contribution in [0.3, 0.4) is 0 Å². The number of aliphatic hydroxyl groups is 1. The van der Waals surface area contributed by atoms with Crippen molar-refractivity contribution in [3.63, 3.8) is 0 Å². The molecule has 1 amide bonds. The zero-order chi connectivity index (χ0) is 9.68. The van der Waals surface area contributed by atoms with Crippen molar-refractivity contribution < 1.29 is 9.90 Å². The van der Waals surface area contributed by atoms with Crippen molar-refractivity contribution in [3.8, 4) is 0 Å². The van der Waals surface area contributed by atoms with Crippen LogP contribution < -0.4 is 0 Å². The molecule has 0 bridgehead atoms. The summed E-state index contributed by atoms with van der Waals surface area (Å²) in [5, 5.41) is 8.63. The average molecular weight is 183 g/mol. The first-order chi connectivity index (χ1) is 6.29. The van der Waals surface area contributed by atoms with Gasteiger partial charge in [0.05, 0.1) is 0 Å². The summed E-state index contributed by atoms with van der Waals surface area (Å²) in [7, 11) is 0. The standard InChI is InChI=1S/C10H17NO2/c1-2-4-9-5-7-11(10(9)13)6-3-8-12/h2,9,12H,1,3-8H2. The molecule has 0 radical (unpaired) electrons. The Morgan fingerprint density at radius 1 is 1.69 bits per heavy atom. The van der Waals surface area contributed by atoms with E-state index in [1.54, 1.807) is 6.08 Å². The SMILES string of the molecule is C=CCC1CCN(CCCO)C1=O. The Balaban J connectivity index is 2.36. The maximum atomic E-state index is 11.6. The van der Waals surface area contributed by atoms with Gasteiger partial charge in [-0.05, 0) is 19.3 Å². The van der Waals surface area contributed by atoms with Crippen LogP contribution in [-0.4, -0.2) is 35.6 Å². The molecular formula is C10H17NO2. The van der Waals surface area contributed by atoms with Crippen LogP contribution in [0.1, 0.15) is 19.3 Å². The second-order valence-electron chi connectivity index (χ2n) is 3.41. The highest BCUT2D eigenvalue weighted by Gasteiger charge is 2.29. The minimum absolute atomic E-state index is 0.149. The number of nitrogens with zero attached hydrogens (tertiary/aromatic N) is 1. The Morgan fingerprint density at radius 2 is 2.46 bits per heavy atom. The van der Waals surface area contributed by atoms with Crippen molar-refractivity contribution in [3.05, 3.63) is 12.7 Å². The highest BCUT2D eigenvalue weighted by Crippen LogP contribution is 2.21. The van der Waals surface area contributed by atoms with E-state index < -0.39 is 0 Å². The zero-order valence-electron chi connectivity index (χ0n) is 7.91. The van der Waals surface area contributed by atoms with Crippen LogP contribution in [0.2, 0.25) is 0 Å². The van der Waals surface area contributed by atoms with Crippen LogP contribution in [0.25, 0.3) is 0 Å². The second kappa shape index (κ2) is 5.02. The lowest BCUT2D eigenvalue weighted by molar-refractivity contribution is -0.131. The van der Waals surface area contributed by atoms with Gasteiger partial charge in [0.15, 0.2) is 0 Å². The predicted molar refractivity (Wildman–Crippen MR) is 51.2 cm³/mol. The van der Waals surface area contributed by atoms with Crippen molar-refractivity contribution in [1.29, 1.82) is 0 Å². The summed E-state index contributed by atoms with van der Waals surface area (Å²) in [4.78, 5) is 13.4. The van der Waals surface area contributed by atoms with Crippen LogP contribution in [0.5, 0.6) is 0 Å². The molecule has 1 N–H and O–H groups in total. The molecule has 1 unspecified atom stereocenters. The molecule has 0 aliphatic carbocycles. The molecule has 1 aliphatic heterocycles. The lowest BCUT2D eigenvalue weighted by atomic mass is 10.0. The van der Waals surface area contributed by atoms with E-state index in [2.05, 4.69) is 6.58 Å². The molecule has 0 aromatic carbocycles. The van der Waals surface area contributed by atoms with Crippen LogP contribution >= 0.6 is 0 Å². The van der Waals surface area contributed by atoms with Crippen molar-refractivity contribution in [2.45, 2.75) is 19.3 Å². The summed E-state index contributed by atoms with van der Waals surface area (Å²) >= 11 is 0. The fraction of sp³-hybridized carbons (Fsp3) is 0.700. The summed E-state index contributed by atoms with van der Waals surface area (Å²) in [6.45, 7) is 5.34. The normalized spacial score (nSPS) is 22.4. The van der Waals surface area contributed by atoms with Gasteiger partial charge < -0.3 is 10.0 Å². The molecule has 1 rings (SSSR count). The van der Waals surface area contributed by atoms with Crippen LogP contribution in [0, 0.1) is 5.92 Å². The van der Waals surface area contributed by atoms with Crippen LogP contribution in [-0.2, 0) is 4.79 Å². The lowest BCUT2D eigenvalue weighted by Gasteiger charge is -2.15. The van der Waals surface area contributed by atoms with Gasteiger partial charge >= 0.3 is 0 Å². The molecule has 13 heavy (non-hydrogen) atoms. The van der Waals surface area contributed by atoms with E-state index in [0.29, 0.717) is 13.0 Å². The number of carbonyl (C=O) groups is 1. The first-order valence-corrected chi connectivity index (χ1v) is 4.80. The Labute approximate surface area is 79.0 Å². The quantitative estimate of drug-likeness (QED) is 0.640. The van der Waals surface area contributed by atoms with Gasteiger partial charge in [-0.15, -0.1) is 6.58 Å². The molecule has 1 atom stereocenters. The number of rotatable bonds is 5. The highest BCUT2D eigenvalue weighted by molar-refractivity contribution is 5.80. The third-order valence-corrected chi connectivity index (χ3v) is 2.45. The number of aliphatic hydroxyl groups excluding tert-OH is 1. The number of hydrogen-bond donors (Lipinski definition) is 1. The largest absolute Gasteiger partial charge is 0.396 e. The van der Waals surface area contributed by atoms with Gasteiger partial charge in [0.25, 0.3) is 0 Å². The van der Waals surface area contributed by atoms with E-state index in [1.165, 1.54) is 0 Å². The van der Waals surface area contributed by atoms with Crippen LogP contribution in [0.4, 0.5) is 0 Å². The highest BCUT2D eigenvalue weighted by atomic mass is 16.3. The molecule has 74 valence electrons. The summed E-state index contributed by atoms with van der Waals surface area (Å²) in [6, 6.07) is 0.